The third kappa shape index (κ3) is 3.07. The lowest BCUT2D eigenvalue weighted by Gasteiger charge is -2.02. The quantitative estimate of drug-likeness (QED) is 0.732. The fourth-order valence-corrected chi connectivity index (χ4v) is 1.67. The maximum Gasteiger partial charge on any atom is 0.186 e. The second-order valence-corrected chi connectivity index (χ2v) is 3.84. The van der Waals surface area contributed by atoms with E-state index in [1.165, 1.54) is 11.8 Å². The van der Waals surface area contributed by atoms with E-state index in [1.807, 2.05) is 30.3 Å². The Morgan fingerprint density at radius 1 is 1.54 bits per heavy atom. The van der Waals surface area contributed by atoms with Crippen LogP contribution in [0, 0.1) is 0 Å². The molecule has 0 saturated carbocycles. The van der Waals surface area contributed by atoms with Gasteiger partial charge < -0.3 is 0 Å². The topological polar surface area (TPSA) is 17.1 Å². The van der Waals surface area contributed by atoms with Crippen LogP contribution in [0.3, 0.4) is 0 Å². The monoisotopic (exact) mass is 192 g/mol. The summed E-state index contributed by atoms with van der Waals surface area (Å²) in [7, 11) is 0. The lowest BCUT2D eigenvalue weighted by molar-refractivity contribution is -0.109. The zero-order valence-corrected chi connectivity index (χ0v) is 8.43. The summed E-state index contributed by atoms with van der Waals surface area (Å²) in [6.45, 7) is 5.31. The van der Waals surface area contributed by atoms with E-state index in [0.717, 1.165) is 16.9 Å². The molecule has 0 N–H and O–H groups in total. The van der Waals surface area contributed by atoms with E-state index in [0.29, 0.717) is 0 Å². The normalized spacial score (nSPS) is 9.62. The first-order chi connectivity index (χ1) is 6.24. The summed E-state index contributed by atoms with van der Waals surface area (Å²) < 4.78 is 0. The van der Waals surface area contributed by atoms with Crippen LogP contribution < -0.4 is 0 Å². The van der Waals surface area contributed by atoms with E-state index in [-0.39, 0.29) is 5.12 Å². The van der Waals surface area contributed by atoms with Crippen molar-refractivity contribution < 1.29 is 4.79 Å². The number of carbonyl (C=O) groups excluding carboxylic acids is 1. The molecule has 1 aromatic carbocycles. The van der Waals surface area contributed by atoms with Crippen LogP contribution >= 0.6 is 11.8 Å². The minimum atomic E-state index is 0.152. The first-order valence-electron chi connectivity index (χ1n) is 4.07. The first kappa shape index (κ1) is 10.1. The van der Waals surface area contributed by atoms with Crippen LogP contribution in [0.1, 0.15) is 18.1 Å². The summed E-state index contributed by atoms with van der Waals surface area (Å²) in [5.41, 5.74) is 2.27. The second-order valence-electron chi connectivity index (χ2n) is 2.68. The Kier molecular flexibility index (Phi) is 3.77. The zero-order chi connectivity index (χ0) is 9.68. The molecule has 0 saturated heterocycles. The predicted octanol–water partition coefficient (Wildman–Crippen LogP) is 3.11. The molecule has 1 rings (SSSR count). The summed E-state index contributed by atoms with van der Waals surface area (Å²) in [6.07, 6.45) is 1.82. The van der Waals surface area contributed by atoms with Crippen molar-refractivity contribution in [3.63, 3.8) is 0 Å². The van der Waals surface area contributed by atoms with Crippen molar-refractivity contribution in [2.45, 2.75) is 12.7 Å². The average molecular weight is 192 g/mol. The number of thioether (sulfide) groups is 1. The van der Waals surface area contributed by atoms with Crippen LogP contribution in [0.4, 0.5) is 0 Å². The van der Waals surface area contributed by atoms with Gasteiger partial charge in [-0.15, -0.1) is 0 Å². The van der Waals surface area contributed by atoms with Gasteiger partial charge in [-0.2, -0.15) is 0 Å². The molecule has 0 atom stereocenters. The average Bonchev–Trinajstić information content (AvgIpc) is 2.15. The molecule has 0 spiro atoms. The molecule has 0 aromatic heterocycles. The smallest absolute Gasteiger partial charge is 0.186 e. The van der Waals surface area contributed by atoms with Crippen LogP contribution in [-0.4, -0.2) is 5.12 Å². The maximum atomic E-state index is 10.8. The number of carbonyl (C=O) groups is 1. The highest BCUT2D eigenvalue weighted by Gasteiger charge is 2.00. The van der Waals surface area contributed by atoms with Gasteiger partial charge in [-0.05, 0) is 11.1 Å². The summed E-state index contributed by atoms with van der Waals surface area (Å²) in [4.78, 5) is 10.8. The van der Waals surface area contributed by atoms with E-state index in [2.05, 4.69) is 6.58 Å². The van der Waals surface area contributed by atoms with Gasteiger partial charge >= 0.3 is 0 Å². The molecule has 13 heavy (non-hydrogen) atoms. The first-order valence-corrected chi connectivity index (χ1v) is 5.06. The van der Waals surface area contributed by atoms with Gasteiger partial charge in [0, 0.05) is 12.7 Å². The van der Waals surface area contributed by atoms with Gasteiger partial charge in [-0.3, -0.25) is 4.79 Å². The fourth-order valence-electron chi connectivity index (χ4n) is 1.04. The van der Waals surface area contributed by atoms with Crippen molar-refractivity contribution in [3.05, 3.63) is 42.0 Å². The predicted molar refractivity (Wildman–Crippen MR) is 58.5 cm³/mol. The SMILES string of the molecule is C=Cc1ccccc1CSC(C)=O. The fraction of sp³-hybridized carbons (Fsp3) is 0.182. The molecule has 0 heterocycles. The molecular formula is C11H12OS. The summed E-state index contributed by atoms with van der Waals surface area (Å²) in [5.74, 6) is 0.734. The molecule has 0 radical (unpaired) electrons. The van der Waals surface area contributed by atoms with Crippen LogP contribution in [0.25, 0.3) is 6.08 Å². The Hall–Kier alpha value is -1.02. The van der Waals surface area contributed by atoms with Gasteiger partial charge in [0.05, 0.1) is 0 Å². The second kappa shape index (κ2) is 4.87. The molecule has 0 fully saturated rings. The number of hydrogen-bond acceptors (Lipinski definition) is 2. The number of hydrogen-bond donors (Lipinski definition) is 0. The molecular weight excluding hydrogens is 180 g/mol. The van der Waals surface area contributed by atoms with Crippen molar-refractivity contribution in [2.75, 3.05) is 0 Å². The highest BCUT2D eigenvalue weighted by atomic mass is 32.2. The maximum absolute atomic E-state index is 10.8. The third-order valence-electron chi connectivity index (χ3n) is 1.71. The molecule has 68 valence electrons. The Morgan fingerprint density at radius 2 is 2.23 bits per heavy atom. The van der Waals surface area contributed by atoms with Crippen LogP contribution in [-0.2, 0) is 10.5 Å². The standard InChI is InChI=1S/C11H12OS/c1-3-10-6-4-5-7-11(10)8-13-9(2)12/h3-7H,1,8H2,2H3. The number of benzene rings is 1. The molecule has 1 aromatic rings. The minimum absolute atomic E-state index is 0.152. The zero-order valence-electron chi connectivity index (χ0n) is 7.62. The Bertz CT molecular complexity index is 318. The molecule has 0 amide bonds. The Balaban J connectivity index is 2.75. The van der Waals surface area contributed by atoms with Gasteiger partial charge in [0.15, 0.2) is 5.12 Å². The summed E-state index contributed by atoms with van der Waals surface area (Å²) >= 11 is 1.33. The van der Waals surface area contributed by atoms with Gasteiger partial charge in [-0.25, -0.2) is 0 Å². The summed E-state index contributed by atoms with van der Waals surface area (Å²) in [6, 6.07) is 7.97. The van der Waals surface area contributed by atoms with Crippen LogP contribution in [0.5, 0.6) is 0 Å². The van der Waals surface area contributed by atoms with Crippen molar-refractivity contribution in [1.29, 1.82) is 0 Å². The van der Waals surface area contributed by atoms with E-state index in [9.17, 15) is 4.79 Å². The largest absolute Gasteiger partial charge is 0.288 e. The Labute approximate surface area is 82.9 Å². The minimum Gasteiger partial charge on any atom is -0.288 e. The van der Waals surface area contributed by atoms with E-state index >= 15 is 0 Å². The lowest BCUT2D eigenvalue weighted by atomic mass is 10.1. The van der Waals surface area contributed by atoms with E-state index < -0.39 is 0 Å². The van der Waals surface area contributed by atoms with Gasteiger partial charge in [0.25, 0.3) is 0 Å². The molecule has 0 unspecified atom stereocenters. The summed E-state index contributed by atoms with van der Waals surface area (Å²) in [5, 5.41) is 0.152. The molecule has 0 aliphatic heterocycles. The van der Waals surface area contributed by atoms with Gasteiger partial charge in [0.2, 0.25) is 0 Å². The van der Waals surface area contributed by atoms with Crippen molar-refractivity contribution >= 4 is 23.0 Å². The molecule has 0 aliphatic carbocycles. The van der Waals surface area contributed by atoms with E-state index in [4.69, 9.17) is 0 Å². The Morgan fingerprint density at radius 3 is 2.85 bits per heavy atom. The number of rotatable bonds is 3. The highest BCUT2D eigenvalue weighted by Crippen LogP contribution is 2.17. The molecule has 0 aliphatic rings. The molecule has 2 heteroatoms. The van der Waals surface area contributed by atoms with Gasteiger partial charge in [0.1, 0.15) is 0 Å². The van der Waals surface area contributed by atoms with Gasteiger partial charge in [-0.1, -0.05) is 48.7 Å². The van der Waals surface area contributed by atoms with Crippen molar-refractivity contribution in [2.24, 2.45) is 0 Å². The third-order valence-corrected chi connectivity index (χ3v) is 2.57. The van der Waals surface area contributed by atoms with Crippen molar-refractivity contribution in [1.82, 2.24) is 0 Å². The van der Waals surface area contributed by atoms with E-state index in [1.54, 1.807) is 6.92 Å². The van der Waals surface area contributed by atoms with Crippen molar-refractivity contribution in [3.8, 4) is 0 Å². The lowest BCUT2D eigenvalue weighted by Crippen LogP contribution is -1.88. The van der Waals surface area contributed by atoms with Crippen LogP contribution in [0.2, 0.25) is 0 Å². The molecule has 1 nitrogen and oxygen atoms in total. The van der Waals surface area contributed by atoms with Crippen LogP contribution in [0.15, 0.2) is 30.8 Å². The molecule has 0 bridgehead atoms. The highest BCUT2D eigenvalue weighted by molar-refractivity contribution is 8.12.